The normalized spacial score (nSPS) is 14.3. The van der Waals surface area contributed by atoms with Gasteiger partial charge in [-0.3, -0.25) is 4.79 Å². The molecule has 1 aliphatic rings. The molecule has 0 heterocycles. The molecular weight excluding hydrogens is 472 g/mol. The fraction of sp³-hybridized carbons (Fsp3) is 0.400. The second kappa shape index (κ2) is 11.4. The number of carboxylic acids is 1. The Morgan fingerprint density at radius 3 is 2.03 bits per heavy atom. The lowest BCUT2D eigenvalue weighted by atomic mass is 9.98. The summed E-state index contributed by atoms with van der Waals surface area (Å²) in [5.41, 5.74) is 4.18. The van der Waals surface area contributed by atoms with Crippen molar-refractivity contribution in [3.8, 4) is 11.1 Å². The molecule has 0 bridgehead atoms. The number of fused-ring (bicyclic) bond motifs is 3. The molecule has 9 nitrogen and oxygen atoms in total. The number of aliphatic carboxylic acids is 1. The van der Waals surface area contributed by atoms with Crippen LogP contribution in [0.25, 0.3) is 11.1 Å². The molecule has 3 rings (SSSR count). The van der Waals surface area contributed by atoms with Gasteiger partial charge in [-0.05, 0) is 35.1 Å². The summed E-state index contributed by atoms with van der Waals surface area (Å²) in [5.74, 6) is -2.52. The lowest BCUT2D eigenvalue weighted by molar-refractivity contribution is -0.142. The van der Waals surface area contributed by atoms with Gasteiger partial charge in [0.05, 0.1) is 5.75 Å². The van der Waals surface area contributed by atoms with E-state index in [0.29, 0.717) is 6.42 Å². The zero-order chi connectivity index (χ0) is 25.6. The zero-order valence-electron chi connectivity index (χ0n) is 19.7. The molecule has 2 aromatic carbocycles. The van der Waals surface area contributed by atoms with Crippen molar-refractivity contribution in [3.63, 3.8) is 0 Å². The molecule has 0 saturated carbocycles. The maximum Gasteiger partial charge on any atom is 0.407 e. The number of hydrogen-bond acceptors (Lipinski definition) is 6. The summed E-state index contributed by atoms with van der Waals surface area (Å²) in [6, 6.07) is 13.3. The van der Waals surface area contributed by atoms with Gasteiger partial charge < -0.3 is 20.5 Å². The topological polar surface area (TPSA) is 139 Å². The van der Waals surface area contributed by atoms with Crippen molar-refractivity contribution in [3.05, 3.63) is 59.7 Å². The number of carboxylic acid groups (broad SMARTS) is 1. The van der Waals surface area contributed by atoms with Crippen LogP contribution in [0.15, 0.2) is 48.5 Å². The third kappa shape index (κ3) is 6.82. The molecule has 2 aromatic rings. The van der Waals surface area contributed by atoms with Crippen molar-refractivity contribution in [2.24, 2.45) is 0 Å². The van der Waals surface area contributed by atoms with Crippen LogP contribution in [0.1, 0.15) is 43.2 Å². The van der Waals surface area contributed by atoms with Crippen LogP contribution in [0, 0.1) is 0 Å². The summed E-state index contributed by atoms with van der Waals surface area (Å²) in [6.07, 6.45) is 0.637. The molecule has 2 unspecified atom stereocenters. The van der Waals surface area contributed by atoms with Crippen LogP contribution < -0.4 is 10.6 Å². The van der Waals surface area contributed by atoms with Gasteiger partial charge in [-0.15, -0.1) is 0 Å². The van der Waals surface area contributed by atoms with Crippen molar-refractivity contribution in [1.29, 1.82) is 0 Å². The van der Waals surface area contributed by atoms with E-state index >= 15 is 0 Å². The molecular formula is C25H30N2O7S. The number of hydrogen-bond donors (Lipinski definition) is 3. The van der Waals surface area contributed by atoms with Crippen LogP contribution in [0.3, 0.4) is 0 Å². The van der Waals surface area contributed by atoms with E-state index in [-0.39, 0.29) is 31.1 Å². The second-order valence-electron chi connectivity index (χ2n) is 8.63. The standard InChI is InChI=1S/C25H30N2O7S/c1-3-8-22(24(29)30)26-23(28)21(13-14-35(2,32)33)27-25(31)34-15-20-18-11-6-4-9-16(18)17-10-5-7-12-19(17)20/h4-7,9-12,20-22H,3,8,13-15H2,1-2H3,(H,26,28)(H,27,31)(H,29,30). The Hall–Kier alpha value is -3.40. The quantitative estimate of drug-likeness (QED) is 0.429. The van der Waals surface area contributed by atoms with E-state index in [9.17, 15) is 27.9 Å². The summed E-state index contributed by atoms with van der Waals surface area (Å²) >= 11 is 0. The fourth-order valence-electron chi connectivity index (χ4n) is 4.20. The molecule has 0 fully saturated rings. The summed E-state index contributed by atoms with van der Waals surface area (Å²) < 4.78 is 28.7. The van der Waals surface area contributed by atoms with Crippen LogP contribution >= 0.6 is 0 Å². The maximum atomic E-state index is 12.7. The fourth-order valence-corrected chi connectivity index (χ4v) is 4.87. The average Bonchev–Trinajstić information content (AvgIpc) is 3.13. The summed E-state index contributed by atoms with van der Waals surface area (Å²) in [5, 5.41) is 14.1. The number of alkyl carbamates (subject to hydrolysis) is 1. The Balaban J connectivity index is 1.69. The van der Waals surface area contributed by atoms with Gasteiger partial charge in [0.25, 0.3) is 0 Å². The number of carbonyl (C=O) groups is 3. The summed E-state index contributed by atoms with van der Waals surface area (Å²) in [4.78, 5) is 36.8. The largest absolute Gasteiger partial charge is 0.480 e. The van der Waals surface area contributed by atoms with Crippen LogP contribution in [0.5, 0.6) is 0 Å². The minimum Gasteiger partial charge on any atom is -0.480 e. The van der Waals surface area contributed by atoms with E-state index < -0.39 is 39.9 Å². The molecule has 188 valence electrons. The number of carbonyl (C=O) groups excluding carboxylic acids is 2. The van der Waals surface area contributed by atoms with Crippen molar-refractivity contribution in [2.45, 2.75) is 44.2 Å². The number of nitrogens with one attached hydrogen (secondary N) is 2. The van der Waals surface area contributed by atoms with E-state index in [1.807, 2.05) is 48.5 Å². The molecule has 10 heteroatoms. The number of rotatable bonds is 11. The Morgan fingerprint density at radius 2 is 1.51 bits per heavy atom. The predicted molar refractivity (Wildman–Crippen MR) is 131 cm³/mol. The molecule has 2 atom stereocenters. The van der Waals surface area contributed by atoms with Crippen molar-refractivity contribution < 1.29 is 32.6 Å². The highest BCUT2D eigenvalue weighted by molar-refractivity contribution is 7.90. The van der Waals surface area contributed by atoms with Crippen molar-refractivity contribution in [2.75, 3.05) is 18.6 Å². The Labute approximate surface area is 204 Å². The Kier molecular flexibility index (Phi) is 8.50. The number of benzene rings is 2. The highest BCUT2D eigenvalue weighted by Crippen LogP contribution is 2.44. The highest BCUT2D eigenvalue weighted by Gasteiger charge is 2.31. The van der Waals surface area contributed by atoms with Gasteiger partial charge >= 0.3 is 12.1 Å². The first-order valence-electron chi connectivity index (χ1n) is 11.4. The highest BCUT2D eigenvalue weighted by atomic mass is 32.2. The van der Waals surface area contributed by atoms with Gasteiger partial charge in [0, 0.05) is 12.2 Å². The summed E-state index contributed by atoms with van der Waals surface area (Å²) in [6.45, 7) is 1.80. The molecule has 0 saturated heterocycles. The molecule has 0 aliphatic heterocycles. The van der Waals surface area contributed by atoms with Crippen molar-refractivity contribution in [1.82, 2.24) is 10.6 Å². The van der Waals surface area contributed by atoms with E-state index in [1.165, 1.54) is 0 Å². The number of sulfone groups is 1. The van der Waals surface area contributed by atoms with Crippen LogP contribution in [0.4, 0.5) is 4.79 Å². The molecule has 2 amide bonds. The van der Waals surface area contributed by atoms with Gasteiger partial charge in [0.2, 0.25) is 5.91 Å². The monoisotopic (exact) mass is 502 g/mol. The number of ether oxygens (including phenoxy) is 1. The first-order valence-corrected chi connectivity index (χ1v) is 13.5. The van der Waals surface area contributed by atoms with E-state index in [0.717, 1.165) is 28.5 Å². The zero-order valence-corrected chi connectivity index (χ0v) is 20.5. The SMILES string of the molecule is CCCC(NC(=O)C(CCS(C)(=O)=O)NC(=O)OCC1c2ccccc2-c2ccccc21)C(=O)O. The lowest BCUT2D eigenvalue weighted by Crippen LogP contribution is -2.52. The average molecular weight is 503 g/mol. The molecule has 3 N–H and O–H groups in total. The smallest absolute Gasteiger partial charge is 0.407 e. The predicted octanol–water partition coefficient (Wildman–Crippen LogP) is 2.70. The van der Waals surface area contributed by atoms with Crippen molar-refractivity contribution >= 4 is 27.8 Å². The summed E-state index contributed by atoms with van der Waals surface area (Å²) in [7, 11) is -3.42. The van der Waals surface area contributed by atoms with Gasteiger partial charge in [0.15, 0.2) is 0 Å². The van der Waals surface area contributed by atoms with Crippen LogP contribution in [-0.4, -0.2) is 62.2 Å². The van der Waals surface area contributed by atoms with Gasteiger partial charge in [-0.25, -0.2) is 18.0 Å². The first-order chi connectivity index (χ1) is 16.6. The minimum absolute atomic E-state index is 0.0217. The third-order valence-corrected chi connectivity index (χ3v) is 6.90. The first kappa shape index (κ1) is 26.2. The van der Waals surface area contributed by atoms with E-state index in [2.05, 4.69) is 10.6 Å². The van der Waals surface area contributed by atoms with Crippen LogP contribution in [-0.2, 0) is 24.2 Å². The second-order valence-corrected chi connectivity index (χ2v) is 10.9. The lowest BCUT2D eigenvalue weighted by Gasteiger charge is -2.21. The number of amides is 2. The molecule has 35 heavy (non-hydrogen) atoms. The van der Waals surface area contributed by atoms with E-state index in [1.54, 1.807) is 6.92 Å². The molecule has 0 spiro atoms. The molecule has 1 aliphatic carbocycles. The Bertz CT molecular complexity index is 1150. The van der Waals surface area contributed by atoms with Gasteiger partial charge in [-0.2, -0.15) is 0 Å². The maximum absolute atomic E-state index is 12.7. The van der Waals surface area contributed by atoms with Gasteiger partial charge in [0.1, 0.15) is 28.5 Å². The third-order valence-electron chi connectivity index (χ3n) is 5.92. The van der Waals surface area contributed by atoms with Gasteiger partial charge in [-0.1, -0.05) is 61.9 Å². The minimum atomic E-state index is -3.42. The Morgan fingerprint density at radius 1 is 0.943 bits per heavy atom. The van der Waals surface area contributed by atoms with Crippen LogP contribution in [0.2, 0.25) is 0 Å². The molecule has 0 radical (unpaired) electrons. The van der Waals surface area contributed by atoms with E-state index in [4.69, 9.17) is 4.74 Å². The molecule has 0 aromatic heterocycles.